The van der Waals surface area contributed by atoms with Crippen LogP contribution in [0, 0.1) is 0 Å². The van der Waals surface area contributed by atoms with Gasteiger partial charge in [-0.3, -0.25) is 0 Å². The Morgan fingerprint density at radius 1 is 0.750 bits per heavy atom. The van der Waals surface area contributed by atoms with E-state index in [4.69, 9.17) is 10.2 Å². The van der Waals surface area contributed by atoms with Crippen LogP contribution in [0.5, 0.6) is 0 Å². The molecule has 0 aromatic heterocycles. The molecule has 9 heteroatoms. The lowest BCUT2D eigenvalue weighted by Crippen LogP contribution is -2.64. The van der Waals surface area contributed by atoms with Gasteiger partial charge in [0.1, 0.15) is 6.61 Å². The van der Waals surface area contributed by atoms with E-state index >= 15 is 0 Å². The van der Waals surface area contributed by atoms with Gasteiger partial charge >= 0.3 is 17.8 Å². The fourth-order valence-electron chi connectivity index (χ4n) is 0.756. The summed E-state index contributed by atoms with van der Waals surface area (Å²) in [5.41, 5.74) is -4.24. The van der Waals surface area contributed by atoms with Crippen molar-refractivity contribution < 1.29 is 40.9 Å². The zero-order chi connectivity index (χ0) is 13.4. The molecular weight excluding hydrogens is 249 g/mol. The molecule has 0 aromatic carbocycles. The quantitative estimate of drug-likeness (QED) is 0.735. The van der Waals surface area contributed by atoms with Crippen LogP contribution in [0.4, 0.5) is 30.7 Å². The molecule has 16 heavy (non-hydrogen) atoms. The van der Waals surface area contributed by atoms with Gasteiger partial charge < -0.3 is 10.2 Å². The summed E-state index contributed by atoms with van der Waals surface area (Å²) in [6, 6.07) is 0. The Bertz CT molecular complexity index is 225. The standard InChI is InChI=1S/C7H9F7O2/c1-4(8,2-15)6(11,12)7(13,14)5(9,10)3-16/h15-16H,2-3H2,1H3. The third kappa shape index (κ3) is 1.97. The van der Waals surface area contributed by atoms with Gasteiger partial charge in [0, 0.05) is 0 Å². The molecule has 0 aliphatic heterocycles. The summed E-state index contributed by atoms with van der Waals surface area (Å²) in [5.74, 6) is -17.5. The number of aliphatic hydroxyl groups is 2. The van der Waals surface area contributed by atoms with Crippen molar-refractivity contribution in [2.45, 2.75) is 30.4 Å². The van der Waals surface area contributed by atoms with E-state index in [1.54, 1.807) is 0 Å². The fraction of sp³-hybridized carbons (Fsp3) is 1.00. The molecule has 0 saturated carbocycles. The summed E-state index contributed by atoms with van der Waals surface area (Å²) < 4.78 is 88.5. The predicted octanol–water partition coefficient (Wildman–Crippen LogP) is 1.61. The van der Waals surface area contributed by atoms with Crippen LogP contribution >= 0.6 is 0 Å². The average Bonchev–Trinajstić information content (AvgIpc) is 2.16. The SMILES string of the molecule is CC(F)(CO)C(F)(F)C(F)(F)C(F)(F)CO. The first-order chi connectivity index (χ1) is 6.87. The number of halogens is 7. The second-order valence-corrected chi connectivity index (χ2v) is 3.37. The van der Waals surface area contributed by atoms with Crippen LogP contribution in [0.1, 0.15) is 6.92 Å². The summed E-state index contributed by atoms with van der Waals surface area (Å²) in [7, 11) is 0. The molecule has 0 rings (SSSR count). The van der Waals surface area contributed by atoms with Gasteiger partial charge in [0.2, 0.25) is 5.67 Å². The lowest BCUT2D eigenvalue weighted by atomic mass is 9.91. The molecule has 0 aromatic rings. The van der Waals surface area contributed by atoms with Gasteiger partial charge in [-0.25, -0.2) is 4.39 Å². The summed E-state index contributed by atoms with van der Waals surface area (Å²) in [6.07, 6.45) is 0. The van der Waals surface area contributed by atoms with Gasteiger partial charge in [-0.15, -0.1) is 0 Å². The Hall–Kier alpha value is -0.570. The maximum Gasteiger partial charge on any atom is 0.377 e. The Morgan fingerprint density at radius 2 is 1.12 bits per heavy atom. The van der Waals surface area contributed by atoms with Crippen molar-refractivity contribution in [3.05, 3.63) is 0 Å². The number of hydrogen-bond donors (Lipinski definition) is 2. The van der Waals surface area contributed by atoms with Gasteiger partial charge in [0.05, 0.1) is 6.61 Å². The molecule has 0 aliphatic rings. The first-order valence-electron chi connectivity index (χ1n) is 3.91. The molecule has 98 valence electrons. The van der Waals surface area contributed by atoms with Gasteiger partial charge in [0.15, 0.2) is 0 Å². The molecule has 0 heterocycles. The van der Waals surface area contributed by atoms with E-state index in [0.29, 0.717) is 0 Å². The van der Waals surface area contributed by atoms with Crippen molar-refractivity contribution in [3.8, 4) is 0 Å². The van der Waals surface area contributed by atoms with Gasteiger partial charge in [-0.1, -0.05) is 0 Å². The van der Waals surface area contributed by atoms with E-state index in [9.17, 15) is 30.7 Å². The van der Waals surface area contributed by atoms with Gasteiger partial charge in [-0.2, -0.15) is 26.3 Å². The second kappa shape index (κ2) is 4.02. The van der Waals surface area contributed by atoms with Crippen molar-refractivity contribution in [2.24, 2.45) is 0 Å². The third-order valence-corrected chi connectivity index (χ3v) is 2.00. The smallest absolute Gasteiger partial charge is 0.377 e. The van der Waals surface area contributed by atoms with Crippen molar-refractivity contribution >= 4 is 0 Å². The van der Waals surface area contributed by atoms with E-state index in [2.05, 4.69) is 0 Å². The van der Waals surface area contributed by atoms with Crippen molar-refractivity contribution in [1.82, 2.24) is 0 Å². The van der Waals surface area contributed by atoms with Crippen LogP contribution in [0.2, 0.25) is 0 Å². The van der Waals surface area contributed by atoms with Crippen LogP contribution in [0.3, 0.4) is 0 Å². The molecule has 2 nitrogen and oxygen atoms in total. The Balaban J connectivity index is 5.46. The van der Waals surface area contributed by atoms with Crippen molar-refractivity contribution in [1.29, 1.82) is 0 Å². The highest BCUT2D eigenvalue weighted by atomic mass is 19.3. The highest BCUT2D eigenvalue weighted by Crippen LogP contribution is 2.51. The van der Waals surface area contributed by atoms with E-state index < -0.39 is 36.7 Å². The molecule has 0 radical (unpaired) electrons. The molecule has 2 N–H and O–H groups in total. The van der Waals surface area contributed by atoms with Crippen LogP contribution in [0.25, 0.3) is 0 Å². The average molecular weight is 258 g/mol. The first-order valence-corrected chi connectivity index (χ1v) is 3.91. The monoisotopic (exact) mass is 258 g/mol. The summed E-state index contributed by atoms with van der Waals surface area (Å²) in [5, 5.41) is 16.0. The minimum atomic E-state index is -6.12. The van der Waals surface area contributed by atoms with Gasteiger partial charge in [-0.05, 0) is 6.92 Å². The summed E-state index contributed by atoms with van der Waals surface area (Å²) in [4.78, 5) is 0. The zero-order valence-corrected chi connectivity index (χ0v) is 7.95. The lowest BCUT2D eigenvalue weighted by Gasteiger charge is -2.37. The van der Waals surface area contributed by atoms with Crippen LogP contribution < -0.4 is 0 Å². The Labute approximate surface area is 85.7 Å². The Kier molecular flexibility index (Phi) is 3.88. The first kappa shape index (κ1) is 15.4. The highest BCUT2D eigenvalue weighted by molar-refractivity contribution is 5.05. The Morgan fingerprint density at radius 3 is 1.38 bits per heavy atom. The second-order valence-electron chi connectivity index (χ2n) is 3.37. The largest absolute Gasteiger partial charge is 0.393 e. The molecule has 0 amide bonds. The number of hydrogen-bond acceptors (Lipinski definition) is 2. The summed E-state index contributed by atoms with van der Waals surface area (Å²) >= 11 is 0. The third-order valence-electron chi connectivity index (χ3n) is 2.00. The molecule has 0 spiro atoms. The molecule has 1 atom stereocenters. The van der Waals surface area contributed by atoms with Crippen molar-refractivity contribution in [3.63, 3.8) is 0 Å². The van der Waals surface area contributed by atoms with E-state index in [1.165, 1.54) is 0 Å². The van der Waals surface area contributed by atoms with Crippen LogP contribution in [0.15, 0.2) is 0 Å². The topological polar surface area (TPSA) is 40.5 Å². The molecule has 1 unspecified atom stereocenters. The van der Waals surface area contributed by atoms with Crippen LogP contribution in [-0.2, 0) is 0 Å². The predicted molar refractivity (Wildman–Crippen MR) is 38.5 cm³/mol. The normalized spacial score (nSPS) is 18.4. The highest BCUT2D eigenvalue weighted by Gasteiger charge is 2.77. The molecule has 0 aliphatic carbocycles. The zero-order valence-electron chi connectivity index (χ0n) is 7.95. The minimum absolute atomic E-state index is 0.144. The van der Waals surface area contributed by atoms with E-state index in [0.717, 1.165) is 0 Å². The number of alkyl halides is 7. The maximum absolute atomic E-state index is 12.9. The van der Waals surface area contributed by atoms with Gasteiger partial charge in [0.25, 0.3) is 0 Å². The molecule has 0 bridgehead atoms. The molecule has 0 saturated heterocycles. The number of aliphatic hydroxyl groups excluding tert-OH is 2. The van der Waals surface area contributed by atoms with Crippen molar-refractivity contribution in [2.75, 3.05) is 13.2 Å². The fourth-order valence-corrected chi connectivity index (χ4v) is 0.756. The lowest BCUT2D eigenvalue weighted by molar-refractivity contribution is -0.349. The molecule has 0 fully saturated rings. The van der Waals surface area contributed by atoms with E-state index in [1.807, 2.05) is 0 Å². The van der Waals surface area contributed by atoms with E-state index in [-0.39, 0.29) is 6.92 Å². The van der Waals surface area contributed by atoms with Crippen LogP contribution in [-0.4, -0.2) is 46.9 Å². The minimum Gasteiger partial charge on any atom is -0.393 e. The molecular formula is C7H9F7O2. The number of rotatable bonds is 5. The maximum atomic E-state index is 12.9. The summed E-state index contributed by atoms with van der Waals surface area (Å²) in [6.45, 7) is -4.79.